The number of rotatable bonds is 5. The van der Waals surface area contributed by atoms with Gasteiger partial charge in [-0.2, -0.15) is 0 Å². The van der Waals surface area contributed by atoms with Crippen LogP contribution < -0.4 is 5.48 Å². The van der Waals surface area contributed by atoms with Gasteiger partial charge >= 0.3 is 5.97 Å². The van der Waals surface area contributed by atoms with E-state index < -0.39 is 11.9 Å². The molecule has 1 amide bonds. The minimum atomic E-state index is -0.472. The molecule has 27 heavy (non-hydrogen) atoms. The standard InChI is InChI=1S/C20H16N4O3/c1-14-4-2-3-5-18(14)20(26)27-24-17-8-6-16(7-9-17)22-23-19(25)15-10-12-21-13-11-15/h2-13,24H,1H3. The van der Waals surface area contributed by atoms with E-state index in [9.17, 15) is 9.59 Å². The van der Waals surface area contributed by atoms with Crippen molar-refractivity contribution in [3.63, 3.8) is 0 Å². The van der Waals surface area contributed by atoms with Crippen molar-refractivity contribution in [3.8, 4) is 0 Å². The van der Waals surface area contributed by atoms with Crippen LogP contribution in [0.25, 0.3) is 0 Å². The quantitative estimate of drug-likeness (QED) is 0.534. The maximum Gasteiger partial charge on any atom is 0.363 e. The summed E-state index contributed by atoms with van der Waals surface area (Å²) in [5, 5.41) is 7.57. The summed E-state index contributed by atoms with van der Waals surface area (Å²) >= 11 is 0. The van der Waals surface area contributed by atoms with Crippen LogP contribution in [0.2, 0.25) is 0 Å². The molecular weight excluding hydrogens is 344 g/mol. The first kappa shape index (κ1) is 17.9. The van der Waals surface area contributed by atoms with E-state index in [1.54, 1.807) is 48.5 Å². The fourth-order valence-corrected chi connectivity index (χ4v) is 2.21. The van der Waals surface area contributed by atoms with Gasteiger partial charge in [0.1, 0.15) is 0 Å². The minimum Gasteiger partial charge on any atom is -0.338 e. The second-order valence-corrected chi connectivity index (χ2v) is 5.59. The fourth-order valence-electron chi connectivity index (χ4n) is 2.21. The molecule has 0 saturated heterocycles. The molecule has 0 aliphatic rings. The fraction of sp³-hybridized carbons (Fsp3) is 0.0500. The van der Waals surface area contributed by atoms with Gasteiger partial charge in [0, 0.05) is 18.0 Å². The molecule has 7 heteroatoms. The van der Waals surface area contributed by atoms with E-state index in [4.69, 9.17) is 4.84 Å². The lowest BCUT2D eigenvalue weighted by Crippen LogP contribution is -2.11. The van der Waals surface area contributed by atoms with Crippen molar-refractivity contribution in [1.29, 1.82) is 0 Å². The largest absolute Gasteiger partial charge is 0.363 e. The molecule has 0 fully saturated rings. The third-order valence-electron chi connectivity index (χ3n) is 3.68. The highest BCUT2D eigenvalue weighted by Gasteiger charge is 2.10. The Labute approximate surface area is 155 Å². The first-order chi connectivity index (χ1) is 13.1. The van der Waals surface area contributed by atoms with Crippen LogP contribution in [0.4, 0.5) is 11.4 Å². The van der Waals surface area contributed by atoms with Crippen molar-refractivity contribution in [2.45, 2.75) is 6.92 Å². The lowest BCUT2D eigenvalue weighted by molar-refractivity contribution is 0.0595. The van der Waals surface area contributed by atoms with Gasteiger partial charge < -0.3 is 4.84 Å². The molecule has 0 atom stereocenters. The maximum atomic E-state index is 12.1. The number of pyridine rings is 1. The van der Waals surface area contributed by atoms with Gasteiger partial charge in [-0.05, 0) is 55.0 Å². The summed E-state index contributed by atoms with van der Waals surface area (Å²) in [6.45, 7) is 1.84. The van der Waals surface area contributed by atoms with E-state index in [1.165, 1.54) is 12.4 Å². The Kier molecular flexibility index (Phi) is 5.64. The molecule has 3 aromatic rings. The van der Waals surface area contributed by atoms with E-state index in [0.29, 0.717) is 22.5 Å². The SMILES string of the molecule is Cc1ccccc1C(=O)ONc1ccc(N=NC(=O)c2ccncc2)cc1. The molecule has 0 aliphatic carbocycles. The van der Waals surface area contributed by atoms with Crippen molar-refractivity contribution in [1.82, 2.24) is 4.98 Å². The molecule has 134 valence electrons. The number of nitrogens with zero attached hydrogens (tertiary/aromatic N) is 3. The molecule has 2 aromatic carbocycles. The molecule has 0 aliphatic heterocycles. The number of azo groups is 1. The number of benzene rings is 2. The van der Waals surface area contributed by atoms with Gasteiger partial charge in [0.25, 0.3) is 5.91 Å². The lowest BCUT2D eigenvalue weighted by atomic mass is 10.1. The summed E-state index contributed by atoms with van der Waals surface area (Å²) < 4.78 is 0. The van der Waals surface area contributed by atoms with Crippen molar-refractivity contribution >= 4 is 23.3 Å². The van der Waals surface area contributed by atoms with Crippen molar-refractivity contribution < 1.29 is 14.4 Å². The van der Waals surface area contributed by atoms with Crippen LogP contribution in [-0.2, 0) is 4.84 Å². The summed E-state index contributed by atoms with van der Waals surface area (Å²) in [7, 11) is 0. The first-order valence-corrected chi connectivity index (χ1v) is 8.12. The Morgan fingerprint density at radius 3 is 2.37 bits per heavy atom. The summed E-state index contributed by atoms with van der Waals surface area (Å²) in [6, 6.07) is 16.9. The van der Waals surface area contributed by atoms with E-state index >= 15 is 0 Å². The zero-order valence-electron chi connectivity index (χ0n) is 14.5. The van der Waals surface area contributed by atoms with Crippen LogP contribution in [0.5, 0.6) is 0 Å². The van der Waals surface area contributed by atoms with Gasteiger partial charge in [0.15, 0.2) is 0 Å². The highest BCUT2D eigenvalue weighted by Crippen LogP contribution is 2.18. The predicted molar refractivity (Wildman–Crippen MR) is 99.7 cm³/mol. The van der Waals surface area contributed by atoms with Crippen LogP contribution >= 0.6 is 0 Å². The van der Waals surface area contributed by atoms with Crippen LogP contribution in [0.1, 0.15) is 26.3 Å². The topological polar surface area (TPSA) is 93.0 Å². The highest BCUT2D eigenvalue weighted by molar-refractivity contribution is 5.94. The number of hydrogen-bond acceptors (Lipinski definition) is 6. The number of nitrogens with one attached hydrogen (secondary N) is 1. The van der Waals surface area contributed by atoms with Gasteiger partial charge in [-0.25, -0.2) is 10.3 Å². The Bertz CT molecular complexity index is 970. The molecule has 3 rings (SSSR count). The molecule has 0 radical (unpaired) electrons. The lowest BCUT2D eigenvalue weighted by Gasteiger charge is -2.08. The second kappa shape index (κ2) is 8.48. The number of aryl methyl sites for hydroxylation is 1. The number of anilines is 1. The number of carbonyl (C=O) groups is 2. The second-order valence-electron chi connectivity index (χ2n) is 5.59. The van der Waals surface area contributed by atoms with E-state index in [1.807, 2.05) is 19.1 Å². The average Bonchev–Trinajstić information content (AvgIpc) is 2.72. The Morgan fingerprint density at radius 2 is 1.67 bits per heavy atom. The van der Waals surface area contributed by atoms with Gasteiger partial charge in [-0.1, -0.05) is 18.2 Å². The molecule has 1 aromatic heterocycles. The third kappa shape index (κ3) is 4.82. The Morgan fingerprint density at radius 1 is 0.963 bits per heavy atom. The maximum absolute atomic E-state index is 12.1. The summed E-state index contributed by atoms with van der Waals surface area (Å²) in [5.74, 6) is -0.924. The molecule has 0 spiro atoms. The minimum absolute atomic E-state index is 0.412. The summed E-state index contributed by atoms with van der Waals surface area (Å²) in [5.41, 5.74) is 5.39. The summed E-state index contributed by atoms with van der Waals surface area (Å²) in [4.78, 5) is 32.9. The van der Waals surface area contributed by atoms with Crippen LogP contribution in [0.3, 0.4) is 0 Å². The first-order valence-electron chi connectivity index (χ1n) is 8.12. The van der Waals surface area contributed by atoms with Gasteiger partial charge in [0.05, 0.1) is 16.9 Å². The smallest absolute Gasteiger partial charge is 0.338 e. The average molecular weight is 360 g/mol. The van der Waals surface area contributed by atoms with Crippen molar-refractivity contribution in [2.24, 2.45) is 10.2 Å². The zero-order chi connectivity index (χ0) is 19.1. The molecular formula is C20H16N4O3. The van der Waals surface area contributed by atoms with Gasteiger partial charge in [-0.15, -0.1) is 10.2 Å². The van der Waals surface area contributed by atoms with Crippen LogP contribution in [0, 0.1) is 6.92 Å². The molecule has 1 heterocycles. The molecule has 0 bridgehead atoms. The molecule has 0 unspecified atom stereocenters. The van der Waals surface area contributed by atoms with Crippen LogP contribution in [0.15, 0.2) is 83.3 Å². The molecule has 7 nitrogen and oxygen atoms in total. The number of amides is 1. The van der Waals surface area contributed by atoms with E-state index in [2.05, 4.69) is 20.7 Å². The van der Waals surface area contributed by atoms with Gasteiger partial charge in [0.2, 0.25) is 0 Å². The monoisotopic (exact) mass is 360 g/mol. The van der Waals surface area contributed by atoms with Crippen molar-refractivity contribution in [2.75, 3.05) is 5.48 Å². The number of carbonyl (C=O) groups excluding carboxylic acids is 2. The third-order valence-corrected chi connectivity index (χ3v) is 3.68. The predicted octanol–water partition coefficient (Wildman–Crippen LogP) is 4.50. The van der Waals surface area contributed by atoms with Gasteiger partial charge in [-0.3, -0.25) is 9.78 Å². The number of hydrogen-bond donors (Lipinski definition) is 1. The Hall–Kier alpha value is -3.87. The normalized spacial score (nSPS) is 10.6. The van der Waals surface area contributed by atoms with E-state index in [-0.39, 0.29) is 0 Å². The Balaban J connectivity index is 1.57. The molecule has 1 N–H and O–H groups in total. The highest BCUT2D eigenvalue weighted by atomic mass is 16.7. The van der Waals surface area contributed by atoms with Crippen molar-refractivity contribution in [3.05, 3.63) is 89.7 Å². The number of aromatic nitrogens is 1. The summed E-state index contributed by atoms with van der Waals surface area (Å²) in [6.07, 6.45) is 3.03. The van der Waals surface area contributed by atoms with Crippen LogP contribution in [-0.4, -0.2) is 16.9 Å². The molecule has 0 saturated carbocycles. The zero-order valence-corrected chi connectivity index (χ0v) is 14.5. The van der Waals surface area contributed by atoms with E-state index in [0.717, 1.165) is 5.56 Å².